The SMILES string of the molecule is COc1cc2ncnc(Nc3cnc4ccccc4c3)c2cc1NC(=O)C1CCCN1. The summed E-state index contributed by atoms with van der Waals surface area (Å²) in [4.78, 5) is 25.9. The summed E-state index contributed by atoms with van der Waals surface area (Å²) in [6.07, 6.45) is 5.09. The first-order valence-corrected chi connectivity index (χ1v) is 10.2. The maximum atomic E-state index is 12.6. The molecule has 1 unspecified atom stereocenters. The molecule has 0 spiro atoms. The molecule has 4 aromatic rings. The summed E-state index contributed by atoms with van der Waals surface area (Å²) in [5.41, 5.74) is 3.04. The molecule has 31 heavy (non-hydrogen) atoms. The molecule has 1 aliphatic heterocycles. The Labute approximate surface area is 179 Å². The Balaban J connectivity index is 1.51. The molecule has 0 bridgehead atoms. The van der Waals surface area contributed by atoms with Crippen molar-refractivity contribution < 1.29 is 9.53 Å². The normalized spacial score (nSPS) is 15.8. The number of carbonyl (C=O) groups excluding carboxylic acids is 1. The summed E-state index contributed by atoms with van der Waals surface area (Å²) in [5, 5.41) is 11.3. The van der Waals surface area contributed by atoms with Gasteiger partial charge in [0.25, 0.3) is 0 Å². The quantitative estimate of drug-likeness (QED) is 0.458. The fourth-order valence-corrected chi connectivity index (χ4v) is 3.85. The van der Waals surface area contributed by atoms with Crippen LogP contribution < -0.4 is 20.7 Å². The van der Waals surface area contributed by atoms with Gasteiger partial charge in [0.15, 0.2) is 0 Å². The van der Waals surface area contributed by atoms with Crippen LogP contribution in [0.15, 0.2) is 55.0 Å². The molecular formula is C23H22N6O2. The number of methoxy groups -OCH3 is 1. The molecule has 156 valence electrons. The number of anilines is 3. The topological polar surface area (TPSA) is 101 Å². The number of benzene rings is 2. The Kier molecular flexibility index (Phi) is 5.05. The first kappa shape index (κ1) is 19.2. The zero-order valence-corrected chi connectivity index (χ0v) is 17.1. The monoisotopic (exact) mass is 414 g/mol. The van der Waals surface area contributed by atoms with Crippen LogP contribution >= 0.6 is 0 Å². The number of nitrogens with one attached hydrogen (secondary N) is 3. The Morgan fingerprint density at radius 2 is 2.03 bits per heavy atom. The summed E-state index contributed by atoms with van der Waals surface area (Å²) < 4.78 is 5.50. The molecule has 2 aromatic heterocycles. The molecule has 8 nitrogen and oxygen atoms in total. The number of hydrogen-bond donors (Lipinski definition) is 3. The molecule has 1 aliphatic rings. The number of carbonyl (C=O) groups is 1. The van der Waals surface area contributed by atoms with Crippen molar-refractivity contribution in [3.05, 3.63) is 55.0 Å². The summed E-state index contributed by atoms with van der Waals surface area (Å²) >= 11 is 0. The summed E-state index contributed by atoms with van der Waals surface area (Å²) in [7, 11) is 1.58. The highest BCUT2D eigenvalue weighted by molar-refractivity contribution is 6.01. The molecule has 0 saturated carbocycles. The van der Waals surface area contributed by atoms with Crippen LogP contribution in [0.25, 0.3) is 21.8 Å². The van der Waals surface area contributed by atoms with Crippen LogP contribution in [0.5, 0.6) is 5.75 Å². The van der Waals surface area contributed by atoms with Crippen molar-refractivity contribution in [2.24, 2.45) is 0 Å². The highest BCUT2D eigenvalue weighted by Crippen LogP contribution is 2.33. The smallest absolute Gasteiger partial charge is 0.241 e. The molecular weight excluding hydrogens is 392 g/mol. The van der Waals surface area contributed by atoms with E-state index in [9.17, 15) is 4.79 Å². The highest BCUT2D eigenvalue weighted by atomic mass is 16.5. The molecule has 1 amide bonds. The van der Waals surface area contributed by atoms with Crippen LogP contribution in [0.4, 0.5) is 17.2 Å². The first-order chi connectivity index (χ1) is 15.2. The average Bonchev–Trinajstić information content (AvgIpc) is 3.34. The van der Waals surface area contributed by atoms with Crippen molar-refractivity contribution in [1.29, 1.82) is 0 Å². The summed E-state index contributed by atoms with van der Waals surface area (Å²) in [6.45, 7) is 0.856. The number of ether oxygens (including phenoxy) is 1. The van der Waals surface area contributed by atoms with Gasteiger partial charge in [0.05, 0.1) is 41.8 Å². The molecule has 0 radical (unpaired) electrons. The summed E-state index contributed by atoms with van der Waals surface area (Å²) in [6, 6.07) is 13.4. The maximum Gasteiger partial charge on any atom is 0.241 e. The van der Waals surface area contributed by atoms with Gasteiger partial charge in [-0.3, -0.25) is 9.78 Å². The zero-order valence-electron chi connectivity index (χ0n) is 17.1. The standard InChI is InChI=1S/C23H22N6O2/c1-31-21-11-19-16(10-20(21)29-23(30)18-7-4-8-24-18)22(27-13-26-19)28-15-9-14-5-2-3-6-17(14)25-12-15/h2-3,5-6,9-13,18,24H,4,7-8H2,1H3,(H,29,30)(H,26,27,28). The average molecular weight is 414 g/mol. The molecule has 1 fully saturated rings. The van der Waals surface area contributed by atoms with E-state index in [0.717, 1.165) is 41.4 Å². The van der Waals surface area contributed by atoms with Gasteiger partial charge in [0.2, 0.25) is 5.91 Å². The van der Waals surface area contributed by atoms with Gasteiger partial charge in [-0.15, -0.1) is 0 Å². The van der Waals surface area contributed by atoms with Crippen LogP contribution in [0.2, 0.25) is 0 Å². The van der Waals surface area contributed by atoms with E-state index in [-0.39, 0.29) is 11.9 Å². The van der Waals surface area contributed by atoms with Crippen LogP contribution in [-0.2, 0) is 4.79 Å². The third-order valence-electron chi connectivity index (χ3n) is 5.44. The number of hydrogen-bond acceptors (Lipinski definition) is 7. The minimum atomic E-state index is -0.186. The van der Waals surface area contributed by atoms with E-state index in [1.807, 2.05) is 36.4 Å². The van der Waals surface area contributed by atoms with E-state index in [1.54, 1.807) is 19.4 Å². The number of para-hydroxylation sites is 1. The van der Waals surface area contributed by atoms with Crippen LogP contribution in [0.3, 0.4) is 0 Å². The van der Waals surface area contributed by atoms with Crippen molar-refractivity contribution in [2.45, 2.75) is 18.9 Å². The van der Waals surface area contributed by atoms with Gasteiger partial charge in [-0.2, -0.15) is 0 Å². The van der Waals surface area contributed by atoms with E-state index in [2.05, 4.69) is 30.9 Å². The van der Waals surface area contributed by atoms with Crippen LogP contribution in [-0.4, -0.2) is 40.6 Å². The van der Waals surface area contributed by atoms with Crippen molar-refractivity contribution in [2.75, 3.05) is 24.3 Å². The van der Waals surface area contributed by atoms with Gasteiger partial charge in [0, 0.05) is 16.8 Å². The van der Waals surface area contributed by atoms with Crippen LogP contribution in [0, 0.1) is 0 Å². The van der Waals surface area contributed by atoms with Crippen molar-refractivity contribution in [1.82, 2.24) is 20.3 Å². The summed E-state index contributed by atoms with van der Waals surface area (Å²) in [5.74, 6) is 1.11. The van der Waals surface area contributed by atoms with Gasteiger partial charge >= 0.3 is 0 Å². The highest BCUT2D eigenvalue weighted by Gasteiger charge is 2.23. The van der Waals surface area contributed by atoms with Gasteiger partial charge < -0.3 is 20.7 Å². The van der Waals surface area contributed by atoms with E-state index in [1.165, 1.54) is 6.33 Å². The van der Waals surface area contributed by atoms with E-state index in [4.69, 9.17) is 4.74 Å². The Morgan fingerprint density at radius 3 is 2.87 bits per heavy atom. The number of amides is 1. The maximum absolute atomic E-state index is 12.6. The first-order valence-electron chi connectivity index (χ1n) is 10.2. The number of nitrogens with zero attached hydrogens (tertiary/aromatic N) is 3. The molecule has 1 atom stereocenters. The van der Waals surface area contributed by atoms with Crippen molar-refractivity contribution >= 4 is 44.9 Å². The number of pyridine rings is 1. The minimum Gasteiger partial charge on any atom is -0.494 e. The largest absolute Gasteiger partial charge is 0.494 e. The lowest BCUT2D eigenvalue weighted by molar-refractivity contribution is -0.117. The number of aromatic nitrogens is 3. The molecule has 0 aliphatic carbocycles. The van der Waals surface area contributed by atoms with Gasteiger partial charge in [-0.05, 0) is 37.6 Å². The van der Waals surface area contributed by atoms with Gasteiger partial charge in [-0.25, -0.2) is 9.97 Å². The second-order valence-electron chi connectivity index (χ2n) is 7.47. The predicted octanol–water partition coefficient (Wildman–Crippen LogP) is 3.62. The van der Waals surface area contributed by atoms with Crippen molar-refractivity contribution in [3.8, 4) is 5.75 Å². The molecule has 2 aromatic carbocycles. The molecule has 3 N–H and O–H groups in total. The molecule has 8 heteroatoms. The fourth-order valence-electron chi connectivity index (χ4n) is 3.85. The Bertz CT molecular complexity index is 1270. The van der Waals surface area contributed by atoms with Gasteiger partial charge in [0.1, 0.15) is 17.9 Å². The molecule has 3 heterocycles. The van der Waals surface area contributed by atoms with E-state index >= 15 is 0 Å². The van der Waals surface area contributed by atoms with Crippen molar-refractivity contribution in [3.63, 3.8) is 0 Å². The predicted molar refractivity (Wildman–Crippen MR) is 121 cm³/mol. The third kappa shape index (κ3) is 3.85. The second kappa shape index (κ2) is 8.16. The lowest BCUT2D eigenvalue weighted by Crippen LogP contribution is -2.35. The lowest BCUT2D eigenvalue weighted by Gasteiger charge is -2.16. The van der Waals surface area contributed by atoms with E-state index in [0.29, 0.717) is 22.8 Å². The molecule has 1 saturated heterocycles. The number of rotatable bonds is 5. The Morgan fingerprint density at radius 1 is 1.13 bits per heavy atom. The zero-order chi connectivity index (χ0) is 21.2. The third-order valence-corrected chi connectivity index (χ3v) is 5.44. The lowest BCUT2D eigenvalue weighted by atomic mass is 10.1. The van der Waals surface area contributed by atoms with Crippen LogP contribution in [0.1, 0.15) is 12.8 Å². The molecule has 5 rings (SSSR count). The second-order valence-corrected chi connectivity index (χ2v) is 7.47. The van der Waals surface area contributed by atoms with E-state index < -0.39 is 0 Å². The minimum absolute atomic E-state index is 0.0692. The fraction of sp³-hybridized carbons (Fsp3) is 0.217. The van der Waals surface area contributed by atoms with Gasteiger partial charge in [-0.1, -0.05) is 18.2 Å². The Hall–Kier alpha value is -3.78. The number of fused-ring (bicyclic) bond motifs is 2.